The van der Waals surface area contributed by atoms with E-state index in [-0.39, 0.29) is 16.9 Å². The molecule has 0 aliphatic heterocycles. The number of rotatable bonds is 5. The quantitative estimate of drug-likeness (QED) is 0.898. The maximum atomic E-state index is 13.5. The van der Waals surface area contributed by atoms with Gasteiger partial charge >= 0.3 is 0 Å². The zero-order valence-electron chi connectivity index (χ0n) is 11.7. The van der Waals surface area contributed by atoms with Crippen LogP contribution in [0, 0.1) is 12.7 Å². The van der Waals surface area contributed by atoms with Gasteiger partial charge in [0.1, 0.15) is 5.82 Å². The summed E-state index contributed by atoms with van der Waals surface area (Å²) in [6.45, 7) is 4.91. The van der Waals surface area contributed by atoms with E-state index < -0.39 is 0 Å². The average Bonchev–Trinajstić information content (AvgIpc) is 2.42. The van der Waals surface area contributed by atoms with E-state index in [9.17, 15) is 4.39 Å². The van der Waals surface area contributed by atoms with E-state index in [1.807, 2.05) is 26.0 Å². The van der Waals surface area contributed by atoms with Crippen molar-refractivity contribution in [2.45, 2.75) is 26.3 Å². The number of hydrogen-bond acceptors (Lipinski definition) is 2. The molecule has 1 heterocycles. The van der Waals surface area contributed by atoms with Crippen LogP contribution in [-0.4, -0.2) is 11.5 Å². The van der Waals surface area contributed by atoms with Gasteiger partial charge in [0.05, 0.1) is 16.8 Å². The fourth-order valence-electron chi connectivity index (χ4n) is 2.18. The van der Waals surface area contributed by atoms with Crippen molar-refractivity contribution in [2.24, 2.45) is 0 Å². The second-order valence-corrected chi connectivity index (χ2v) is 5.23. The minimum atomic E-state index is -0.378. The predicted molar refractivity (Wildman–Crippen MR) is 80.5 cm³/mol. The lowest BCUT2D eigenvalue weighted by atomic mass is 10.0. The second kappa shape index (κ2) is 6.82. The summed E-state index contributed by atoms with van der Waals surface area (Å²) in [5.41, 5.74) is 3.04. The Labute approximate surface area is 124 Å². The van der Waals surface area contributed by atoms with Gasteiger partial charge in [0.25, 0.3) is 0 Å². The summed E-state index contributed by atoms with van der Waals surface area (Å²) in [7, 11) is 0. The highest BCUT2D eigenvalue weighted by Gasteiger charge is 2.13. The molecule has 1 aromatic carbocycles. The Hall–Kier alpha value is -1.45. The third kappa shape index (κ3) is 3.78. The number of aryl methyl sites for hydroxylation is 1. The smallest absolute Gasteiger partial charge is 0.142 e. The molecule has 0 amide bonds. The van der Waals surface area contributed by atoms with Crippen LogP contribution in [0.3, 0.4) is 0 Å². The van der Waals surface area contributed by atoms with Crippen LogP contribution in [0.25, 0.3) is 0 Å². The van der Waals surface area contributed by atoms with Crippen molar-refractivity contribution in [3.63, 3.8) is 0 Å². The first-order valence-corrected chi connectivity index (χ1v) is 7.07. The number of nitrogens with one attached hydrogen (secondary N) is 1. The summed E-state index contributed by atoms with van der Waals surface area (Å²) >= 11 is 5.71. The van der Waals surface area contributed by atoms with Gasteiger partial charge < -0.3 is 5.32 Å². The topological polar surface area (TPSA) is 24.9 Å². The predicted octanol–water partition coefficient (Wildman–Crippen LogP) is 4.08. The molecular formula is C16H18ClFN2. The molecule has 0 radical (unpaired) electrons. The molecule has 0 saturated carbocycles. The lowest BCUT2D eigenvalue weighted by Crippen LogP contribution is -2.24. The van der Waals surface area contributed by atoms with Crippen molar-refractivity contribution < 1.29 is 4.39 Å². The van der Waals surface area contributed by atoms with Gasteiger partial charge in [-0.3, -0.25) is 4.98 Å². The summed E-state index contributed by atoms with van der Waals surface area (Å²) in [4.78, 5) is 4.41. The van der Waals surface area contributed by atoms with Gasteiger partial charge in [-0.15, -0.1) is 0 Å². The number of aromatic nitrogens is 1. The molecule has 0 aliphatic rings. The van der Waals surface area contributed by atoms with Gasteiger partial charge in [-0.05, 0) is 55.3 Å². The number of benzene rings is 1. The third-order valence-electron chi connectivity index (χ3n) is 3.17. The van der Waals surface area contributed by atoms with E-state index >= 15 is 0 Å². The van der Waals surface area contributed by atoms with Crippen LogP contribution in [0.15, 0.2) is 36.5 Å². The summed E-state index contributed by atoms with van der Waals surface area (Å²) in [6.07, 6.45) is 2.48. The number of hydrogen-bond donors (Lipinski definition) is 1. The van der Waals surface area contributed by atoms with Crippen LogP contribution in [0.4, 0.5) is 4.39 Å². The van der Waals surface area contributed by atoms with Crippen LogP contribution in [-0.2, 0) is 6.42 Å². The molecule has 20 heavy (non-hydrogen) atoms. The van der Waals surface area contributed by atoms with Gasteiger partial charge in [-0.1, -0.05) is 24.6 Å². The number of nitrogens with zero attached hydrogens (tertiary/aromatic N) is 1. The molecule has 1 N–H and O–H groups in total. The van der Waals surface area contributed by atoms with Gasteiger partial charge in [0.15, 0.2) is 0 Å². The highest BCUT2D eigenvalue weighted by Crippen LogP contribution is 2.21. The van der Waals surface area contributed by atoms with Crippen molar-refractivity contribution in [1.29, 1.82) is 0 Å². The van der Waals surface area contributed by atoms with Crippen LogP contribution >= 0.6 is 11.6 Å². The SMILES string of the molecule is CCNC(Cc1ccc(Cl)c(F)c1)c1cc(C)ccn1. The molecule has 106 valence electrons. The van der Waals surface area contributed by atoms with Gasteiger partial charge in [0, 0.05) is 6.20 Å². The maximum Gasteiger partial charge on any atom is 0.142 e. The van der Waals surface area contributed by atoms with E-state index in [1.54, 1.807) is 12.3 Å². The summed E-state index contributed by atoms with van der Waals surface area (Å²) in [6, 6.07) is 9.03. The second-order valence-electron chi connectivity index (χ2n) is 4.82. The molecular weight excluding hydrogens is 275 g/mol. The van der Waals surface area contributed by atoms with E-state index in [2.05, 4.69) is 16.4 Å². The Morgan fingerprint density at radius 1 is 1.30 bits per heavy atom. The Balaban J connectivity index is 2.22. The lowest BCUT2D eigenvalue weighted by Gasteiger charge is -2.18. The zero-order chi connectivity index (χ0) is 14.5. The largest absolute Gasteiger partial charge is 0.309 e. The molecule has 0 bridgehead atoms. The van der Waals surface area contributed by atoms with E-state index in [0.29, 0.717) is 6.42 Å². The molecule has 2 aromatic rings. The van der Waals surface area contributed by atoms with E-state index in [1.165, 1.54) is 11.6 Å². The molecule has 0 fully saturated rings. The molecule has 2 nitrogen and oxygen atoms in total. The Kier molecular flexibility index (Phi) is 5.10. The van der Waals surface area contributed by atoms with Gasteiger partial charge in [-0.25, -0.2) is 4.39 Å². The van der Waals surface area contributed by atoms with E-state index in [0.717, 1.165) is 17.8 Å². The minimum absolute atomic E-state index is 0.0699. The monoisotopic (exact) mass is 292 g/mol. The Bertz CT molecular complexity index is 586. The van der Waals surface area contributed by atoms with Gasteiger partial charge in [-0.2, -0.15) is 0 Å². The van der Waals surface area contributed by atoms with Crippen molar-refractivity contribution in [3.8, 4) is 0 Å². The van der Waals surface area contributed by atoms with Crippen molar-refractivity contribution >= 4 is 11.6 Å². The van der Waals surface area contributed by atoms with Gasteiger partial charge in [0.2, 0.25) is 0 Å². The first-order valence-electron chi connectivity index (χ1n) is 6.70. The maximum absolute atomic E-state index is 13.5. The minimum Gasteiger partial charge on any atom is -0.309 e. The number of halogens is 2. The highest BCUT2D eigenvalue weighted by atomic mass is 35.5. The first-order chi connectivity index (χ1) is 9.60. The molecule has 4 heteroatoms. The Morgan fingerprint density at radius 2 is 2.10 bits per heavy atom. The number of likely N-dealkylation sites (N-methyl/N-ethyl adjacent to an activating group) is 1. The van der Waals surface area contributed by atoms with Crippen molar-refractivity contribution in [2.75, 3.05) is 6.54 Å². The van der Waals surface area contributed by atoms with Crippen LogP contribution in [0.2, 0.25) is 5.02 Å². The molecule has 2 rings (SSSR count). The average molecular weight is 293 g/mol. The molecule has 1 aromatic heterocycles. The van der Waals surface area contributed by atoms with Crippen LogP contribution in [0.1, 0.15) is 29.8 Å². The van der Waals surface area contributed by atoms with E-state index in [4.69, 9.17) is 11.6 Å². The molecule has 1 atom stereocenters. The van der Waals surface area contributed by atoms with Crippen LogP contribution < -0.4 is 5.32 Å². The van der Waals surface area contributed by atoms with Crippen LogP contribution in [0.5, 0.6) is 0 Å². The molecule has 0 saturated heterocycles. The fraction of sp³-hybridized carbons (Fsp3) is 0.312. The van der Waals surface area contributed by atoms with Crippen molar-refractivity contribution in [3.05, 3.63) is 64.2 Å². The molecule has 1 unspecified atom stereocenters. The summed E-state index contributed by atoms with van der Waals surface area (Å²) in [5.74, 6) is -0.378. The molecule has 0 spiro atoms. The highest BCUT2D eigenvalue weighted by molar-refractivity contribution is 6.30. The lowest BCUT2D eigenvalue weighted by molar-refractivity contribution is 0.534. The molecule has 0 aliphatic carbocycles. The summed E-state index contributed by atoms with van der Waals surface area (Å²) in [5, 5.41) is 3.55. The normalized spacial score (nSPS) is 12.4. The van der Waals surface area contributed by atoms with Crippen molar-refractivity contribution in [1.82, 2.24) is 10.3 Å². The Morgan fingerprint density at radius 3 is 2.75 bits per heavy atom. The standard InChI is InChI=1S/C16H18ClFN2/c1-3-19-16(15-8-11(2)6-7-20-15)10-12-4-5-13(17)14(18)9-12/h4-9,16,19H,3,10H2,1-2H3. The number of pyridine rings is 1. The fourth-order valence-corrected chi connectivity index (χ4v) is 2.30. The summed E-state index contributed by atoms with van der Waals surface area (Å²) < 4.78 is 13.5. The third-order valence-corrected chi connectivity index (χ3v) is 3.47. The zero-order valence-corrected chi connectivity index (χ0v) is 12.4. The first kappa shape index (κ1) is 14.9.